The summed E-state index contributed by atoms with van der Waals surface area (Å²) in [5.74, 6) is 1.98. The van der Waals surface area contributed by atoms with E-state index in [0.29, 0.717) is 0 Å². The molecule has 5 nitrogen and oxygen atoms in total. The molecule has 2 heterocycles. The van der Waals surface area contributed by atoms with Gasteiger partial charge in [-0.05, 0) is 24.3 Å². The molecule has 0 aliphatic carbocycles. The number of hydrogen-bond acceptors (Lipinski definition) is 4. The first-order valence-corrected chi connectivity index (χ1v) is 8.29. The summed E-state index contributed by atoms with van der Waals surface area (Å²) >= 11 is 7.74. The van der Waals surface area contributed by atoms with Crippen molar-refractivity contribution in [3.05, 3.63) is 11.5 Å². The molecule has 0 amide bonds. The van der Waals surface area contributed by atoms with Gasteiger partial charge in [0, 0.05) is 13.1 Å². The molecule has 1 aromatic heterocycles. The van der Waals surface area contributed by atoms with Crippen LogP contribution < -0.4 is 4.72 Å². The Balaban J connectivity index is 2.16. The number of halogens is 1. The van der Waals surface area contributed by atoms with Crippen molar-refractivity contribution in [3.63, 3.8) is 0 Å². The summed E-state index contributed by atoms with van der Waals surface area (Å²) in [5, 5.41) is 0.0579. The van der Waals surface area contributed by atoms with Crippen LogP contribution >= 0.6 is 23.4 Å². The summed E-state index contributed by atoms with van der Waals surface area (Å²) in [7, 11) is -1.93. The van der Waals surface area contributed by atoms with E-state index in [1.807, 2.05) is 11.8 Å². The lowest BCUT2D eigenvalue weighted by molar-refractivity contribution is 0.526. The van der Waals surface area contributed by atoms with Crippen LogP contribution in [0.25, 0.3) is 0 Å². The van der Waals surface area contributed by atoms with Gasteiger partial charge < -0.3 is 4.57 Å². The van der Waals surface area contributed by atoms with Crippen molar-refractivity contribution in [1.29, 1.82) is 0 Å². The summed E-state index contributed by atoms with van der Waals surface area (Å²) < 4.78 is 28.3. The second-order valence-electron chi connectivity index (χ2n) is 3.96. The molecule has 1 aromatic rings. The number of aryl methyl sites for hydroxylation is 1. The minimum absolute atomic E-state index is 0.000627. The van der Waals surface area contributed by atoms with Crippen molar-refractivity contribution in [3.8, 4) is 0 Å². The first kappa shape index (κ1) is 13.2. The van der Waals surface area contributed by atoms with Gasteiger partial charge in [0.05, 0.1) is 6.33 Å². The molecule has 0 spiro atoms. The van der Waals surface area contributed by atoms with Crippen molar-refractivity contribution in [2.45, 2.75) is 23.9 Å². The van der Waals surface area contributed by atoms with Gasteiger partial charge in [-0.1, -0.05) is 11.6 Å². The quantitative estimate of drug-likeness (QED) is 0.911. The van der Waals surface area contributed by atoms with Crippen molar-refractivity contribution in [2.75, 3.05) is 11.5 Å². The van der Waals surface area contributed by atoms with Crippen LogP contribution in [0.3, 0.4) is 0 Å². The zero-order valence-corrected chi connectivity index (χ0v) is 11.8. The normalized spacial score (nSPS) is 18.5. The van der Waals surface area contributed by atoms with Crippen LogP contribution in [-0.4, -0.2) is 35.5 Å². The van der Waals surface area contributed by atoms with Crippen molar-refractivity contribution >= 4 is 33.4 Å². The van der Waals surface area contributed by atoms with Crippen molar-refractivity contribution in [2.24, 2.45) is 7.05 Å². The highest BCUT2D eigenvalue weighted by Gasteiger charge is 2.26. The summed E-state index contributed by atoms with van der Waals surface area (Å²) in [4.78, 5) is 3.83. The van der Waals surface area contributed by atoms with Gasteiger partial charge in [0.15, 0.2) is 0 Å². The molecule has 0 atom stereocenters. The molecule has 1 fully saturated rings. The zero-order valence-electron chi connectivity index (χ0n) is 9.39. The summed E-state index contributed by atoms with van der Waals surface area (Å²) in [6.07, 6.45) is 3.11. The van der Waals surface area contributed by atoms with Crippen LogP contribution in [0.2, 0.25) is 5.15 Å². The highest BCUT2D eigenvalue weighted by atomic mass is 35.5. The molecule has 96 valence electrons. The second kappa shape index (κ2) is 5.17. The third-order valence-electron chi connectivity index (χ3n) is 2.63. The van der Waals surface area contributed by atoms with E-state index in [0.717, 1.165) is 24.3 Å². The average molecular weight is 296 g/mol. The topological polar surface area (TPSA) is 64.0 Å². The maximum Gasteiger partial charge on any atom is 0.261 e. The monoisotopic (exact) mass is 295 g/mol. The predicted octanol–water partition coefficient (Wildman–Crippen LogP) is 1.25. The number of nitrogens with one attached hydrogen (secondary N) is 1. The number of aromatic nitrogens is 2. The van der Waals surface area contributed by atoms with Crippen LogP contribution in [0, 0.1) is 0 Å². The second-order valence-corrected chi connectivity index (χ2v) is 7.17. The number of nitrogens with zero attached hydrogens (tertiary/aromatic N) is 2. The molecule has 1 aliphatic heterocycles. The molecular formula is C9H14ClN3O2S2. The molecule has 0 saturated carbocycles. The molecule has 0 bridgehead atoms. The van der Waals surface area contributed by atoms with Gasteiger partial charge in [-0.3, -0.25) is 0 Å². The van der Waals surface area contributed by atoms with Crippen molar-refractivity contribution < 1.29 is 8.42 Å². The molecule has 1 aliphatic rings. The van der Waals surface area contributed by atoms with E-state index in [9.17, 15) is 8.42 Å². The number of sulfonamides is 1. The number of thioether (sulfide) groups is 1. The Hall–Kier alpha value is -0.240. The van der Waals surface area contributed by atoms with E-state index >= 15 is 0 Å². The standard InChI is InChI=1S/C9H14ClN3O2S2/c1-13-6-11-9(8(13)10)17(14,15)12-7-2-4-16-5-3-7/h6-7,12H,2-5H2,1H3. The third kappa shape index (κ3) is 2.96. The fourth-order valence-electron chi connectivity index (χ4n) is 1.66. The zero-order chi connectivity index (χ0) is 12.5. The van der Waals surface area contributed by atoms with Crippen LogP contribution in [0.4, 0.5) is 0 Å². The van der Waals surface area contributed by atoms with E-state index in [2.05, 4.69) is 9.71 Å². The minimum Gasteiger partial charge on any atom is -0.324 e. The van der Waals surface area contributed by atoms with E-state index in [4.69, 9.17) is 11.6 Å². The minimum atomic E-state index is -3.59. The lowest BCUT2D eigenvalue weighted by Gasteiger charge is -2.21. The van der Waals surface area contributed by atoms with E-state index in [1.54, 1.807) is 7.05 Å². The van der Waals surface area contributed by atoms with Gasteiger partial charge in [-0.15, -0.1) is 0 Å². The summed E-state index contributed by atoms with van der Waals surface area (Å²) in [5.41, 5.74) is 0. The van der Waals surface area contributed by atoms with E-state index in [-0.39, 0.29) is 16.2 Å². The Morgan fingerprint density at radius 2 is 2.18 bits per heavy atom. The third-order valence-corrected chi connectivity index (χ3v) is 5.69. The van der Waals surface area contributed by atoms with Crippen molar-refractivity contribution in [1.82, 2.24) is 14.3 Å². The largest absolute Gasteiger partial charge is 0.324 e. The van der Waals surface area contributed by atoms with E-state index < -0.39 is 10.0 Å². The molecule has 8 heteroatoms. The van der Waals surface area contributed by atoms with Gasteiger partial charge in [-0.25, -0.2) is 18.1 Å². The Kier molecular flexibility index (Phi) is 4.02. The Morgan fingerprint density at radius 3 is 2.71 bits per heavy atom. The molecular weight excluding hydrogens is 282 g/mol. The molecule has 0 radical (unpaired) electrons. The molecule has 0 unspecified atom stereocenters. The number of hydrogen-bond donors (Lipinski definition) is 1. The van der Waals surface area contributed by atoms with Gasteiger partial charge in [0.2, 0.25) is 5.03 Å². The summed E-state index contributed by atoms with van der Waals surface area (Å²) in [6, 6.07) is -0.000627. The van der Waals surface area contributed by atoms with E-state index in [1.165, 1.54) is 10.9 Å². The van der Waals surface area contributed by atoms with Gasteiger partial charge in [0.1, 0.15) is 5.15 Å². The molecule has 0 aromatic carbocycles. The lowest BCUT2D eigenvalue weighted by Crippen LogP contribution is -2.37. The van der Waals surface area contributed by atoms with Gasteiger partial charge in [-0.2, -0.15) is 11.8 Å². The highest BCUT2D eigenvalue weighted by molar-refractivity contribution is 7.99. The fourth-order valence-corrected chi connectivity index (χ4v) is 4.51. The average Bonchev–Trinajstić information content (AvgIpc) is 2.61. The first-order valence-electron chi connectivity index (χ1n) is 5.27. The maximum absolute atomic E-state index is 12.1. The Morgan fingerprint density at radius 1 is 1.53 bits per heavy atom. The maximum atomic E-state index is 12.1. The number of imidazole rings is 1. The van der Waals surface area contributed by atoms with Crippen LogP contribution in [0.15, 0.2) is 11.4 Å². The predicted molar refractivity (Wildman–Crippen MR) is 68.9 cm³/mol. The van der Waals surface area contributed by atoms with Crippen LogP contribution in [-0.2, 0) is 17.1 Å². The SMILES string of the molecule is Cn1cnc(S(=O)(=O)NC2CCSCC2)c1Cl. The van der Waals surface area contributed by atoms with Crippen LogP contribution in [0.1, 0.15) is 12.8 Å². The molecule has 1 saturated heterocycles. The molecule has 17 heavy (non-hydrogen) atoms. The Bertz CT molecular complexity index is 494. The molecule has 1 N–H and O–H groups in total. The lowest BCUT2D eigenvalue weighted by atomic mass is 10.2. The first-order chi connectivity index (χ1) is 8.00. The highest BCUT2D eigenvalue weighted by Crippen LogP contribution is 2.22. The smallest absolute Gasteiger partial charge is 0.261 e. The summed E-state index contributed by atoms with van der Waals surface area (Å²) in [6.45, 7) is 0. The van der Waals surface area contributed by atoms with Gasteiger partial charge >= 0.3 is 0 Å². The fraction of sp³-hybridized carbons (Fsp3) is 0.667. The molecule has 2 rings (SSSR count). The van der Waals surface area contributed by atoms with Crippen LogP contribution in [0.5, 0.6) is 0 Å². The van der Waals surface area contributed by atoms with Gasteiger partial charge in [0.25, 0.3) is 10.0 Å². The Labute approximate surface area is 110 Å². The number of rotatable bonds is 3.